The van der Waals surface area contributed by atoms with Crippen molar-refractivity contribution in [3.63, 3.8) is 0 Å². The van der Waals surface area contributed by atoms with Crippen LogP contribution >= 0.6 is 0 Å². The molecule has 3 nitrogen and oxygen atoms in total. The highest BCUT2D eigenvalue weighted by molar-refractivity contribution is 5.27. The number of rotatable bonds is 5. The molecular formula is C15H24N2O. The Morgan fingerprint density at radius 3 is 3.17 bits per heavy atom. The van der Waals surface area contributed by atoms with Gasteiger partial charge in [-0.15, -0.1) is 0 Å². The first-order valence-electron chi connectivity index (χ1n) is 6.90. The second kappa shape index (κ2) is 6.30. The van der Waals surface area contributed by atoms with E-state index in [1.807, 2.05) is 12.3 Å². The fourth-order valence-corrected chi connectivity index (χ4v) is 3.04. The normalized spacial score (nSPS) is 22.3. The number of nitrogens with two attached hydrogens (primary N) is 1. The maximum Gasteiger partial charge on any atom is 0.0488 e. The Hall–Kier alpha value is -0.930. The van der Waals surface area contributed by atoms with Crippen molar-refractivity contribution >= 4 is 0 Å². The molecule has 2 N–H and O–H groups in total. The third-order valence-electron chi connectivity index (χ3n) is 3.88. The molecule has 1 aromatic rings. The number of fused-ring (bicyclic) bond motifs is 1. The molecule has 3 atom stereocenters. The number of hydrogen-bond acceptors (Lipinski definition) is 3. The van der Waals surface area contributed by atoms with Crippen LogP contribution in [0.2, 0.25) is 0 Å². The molecular weight excluding hydrogens is 224 g/mol. The van der Waals surface area contributed by atoms with Crippen LogP contribution in [0.5, 0.6) is 0 Å². The number of ether oxygens (including phenoxy) is 1. The zero-order valence-electron chi connectivity index (χ0n) is 11.4. The zero-order valence-corrected chi connectivity index (χ0v) is 11.4. The van der Waals surface area contributed by atoms with Gasteiger partial charge in [0, 0.05) is 37.6 Å². The molecule has 1 aliphatic carbocycles. The third-order valence-corrected chi connectivity index (χ3v) is 3.88. The van der Waals surface area contributed by atoms with Crippen LogP contribution in [0.1, 0.15) is 43.4 Å². The highest BCUT2D eigenvalue weighted by atomic mass is 16.5. The summed E-state index contributed by atoms with van der Waals surface area (Å²) in [6, 6.07) is 4.42. The summed E-state index contributed by atoms with van der Waals surface area (Å²) in [5, 5.41) is 0. The van der Waals surface area contributed by atoms with Crippen molar-refractivity contribution in [2.45, 2.75) is 44.6 Å². The van der Waals surface area contributed by atoms with Crippen molar-refractivity contribution in [3.8, 4) is 0 Å². The van der Waals surface area contributed by atoms with Crippen LogP contribution in [0.3, 0.4) is 0 Å². The summed E-state index contributed by atoms with van der Waals surface area (Å²) in [4.78, 5) is 4.56. The van der Waals surface area contributed by atoms with Gasteiger partial charge in [0.2, 0.25) is 0 Å². The molecule has 1 heterocycles. The van der Waals surface area contributed by atoms with Crippen molar-refractivity contribution in [2.24, 2.45) is 11.7 Å². The predicted molar refractivity (Wildman–Crippen MR) is 73.5 cm³/mol. The van der Waals surface area contributed by atoms with E-state index in [0.717, 1.165) is 19.4 Å². The quantitative estimate of drug-likeness (QED) is 0.871. The van der Waals surface area contributed by atoms with Gasteiger partial charge in [-0.3, -0.25) is 4.98 Å². The van der Waals surface area contributed by atoms with Gasteiger partial charge in [0.05, 0.1) is 0 Å². The van der Waals surface area contributed by atoms with Crippen LogP contribution < -0.4 is 5.73 Å². The smallest absolute Gasteiger partial charge is 0.0488 e. The standard InChI is InChI=1S/C15H24N2O/c1-11(10-18-2)9-14(16)13-7-3-5-12-6-4-8-17-15(12)13/h4,6,8,11,13-14H,3,5,7,9-10,16H2,1-2H3. The molecule has 1 aliphatic rings. The highest BCUT2D eigenvalue weighted by Gasteiger charge is 2.27. The second-order valence-electron chi connectivity index (χ2n) is 5.51. The van der Waals surface area contributed by atoms with Gasteiger partial charge in [0.25, 0.3) is 0 Å². The van der Waals surface area contributed by atoms with Gasteiger partial charge in [-0.2, -0.15) is 0 Å². The van der Waals surface area contributed by atoms with E-state index >= 15 is 0 Å². The monoisotopic (exact) mass is 248 g/mol. The molecule has 0 saturated carbocycles. The molecule has 0 amide bonds. The molecule has 1 aromatic heterocycles. The summed E-state index contributed by atoms with van der Waals surface area (Å²) in [5.41, 5.74) is 9.03. The molecule has 0 radical (unpaired) electrons. The Bertz CT molecular complexity index is 381. The molecule has 2 rings (SSSR count). The fraction of sp³-hybridized carbons (Fsp3) is 0.667. The first kappa shape index (κ1) is 13.5. The van der Waals surface area contributed by atoms with Crippen molar-refractivity contribution in [2.75, 3.05) is 13.7 Å². The minimum atomic E-state index is 0.198. The van der Waals surface area contributed by atoms with Crippen molar-refractivity contribution < 1.29 is 4.74 Å². The van der Waals surface area contributed by atoms with Crippen LogP contribution in [0.4, 0.5) is 0 Å². The first-order chi connectivity index (χ1) is 8.72. The van der Waals surface area contributed by atoms with E-state index in [0.29, 0.717) is 11.8 Å². The lowest BCUT2D eigenvalue weighted by Gasteiger charge is -2.30. The van der Waals surface area contributed by atoms with Crippen LogP contribution in [0.25, 0.3) is 0 Å². The number of hydrogen-bond donors (Lipinski definition) is 1. The van der Waals surface area contributed by atoms with E-state index in [4.69, 9.17) is 10.5 Å². The predicted octanol–water partition coefficient (Wildman–Crippen LogP) is 2.50. The van der Waals surface area contributed by atoms with Crippen molar-refractivity contribution in [3.05, 3.63) is 29.6 Å². The van der Waals surface area contributed by atoms with E-state index in [1.165, 1.54) is 24.1 Å². The summed E-state index contributed by atoms with van der Waals surface area (Å²) < 4.78 is 5.19. The minimum absolute atomic E-state index is 0.198. The van der Waals surface area contributed by atoms with Crippen LogP contribution in [-0.4, -0.2) is 24.7 Å². The highest BCUT2D eigenvalue weighted by Crippen LogP contribution is 2.33. The molecule has 100 valence electrons. The number of nitrogens with zero attached hydrogens (tertiary/aromatic N) is 1. The van der Waals surface area contributed by atoms with Crippen LogP contribution in [0, 0.1) is 5.92 Å². The molecule has 3 unspecified atom stereocenters. The summed E-state index contributed by atoms with van der Waals surface area (Å²) in [5.74, 6) is 0.938. The first-order valence-corrected chi connectivity index (χ1v) is 6.90. The Morgan fingerprint density at radius 2 is 2.39 bits per heavy atom. The summed E-state index contributed by atoms with van der Waals surface area (Å²) in [6.07, 6.45) is 6.46. The van der Waals surface area contributed by atoms with E-state index in [2.05, 4.69) is 18.0 Å². The van der Waals surface area contributed by atoms with Gasteiger partial charge in [-0.05, 0) is 43.2 Å². The van der Waals surface area contributed by atoms with Gasteiger partial charge in [0.15, 0.2) is 0 Å². The Morgan fingerprint density at radius 1 is 1.56 bits per heavy atom. The molecule has 18 heavy (non-hydrogen) atoms. The Balaban J connectivity index is 2.05. The van der Waals surface area contributed by atoms with Gasteiger partial charge in [0.1, 0.15) is 0 Å². The average Bonchev–Trinajstić information content (AvgIpc) is 2.38. The summed E-state index contributed by atoms with van der Waals surface area (Å²) in [7, 11) is 1.75. The molecule has 3 heteroatoms. The van der Waals surface area contributed by atoms with E-state index < -0.39 is 0 Å². The number of aryl methyl sites for hydroxylation is 1. The molecule has 0 saturated heterocycles. The third kappa shape index (κ3) is 3.09. The number of aromatic nitrogens is 1. The van der Waals surface area contributed by atoms with Crippen molar-refractivity contribution in [1.82, 2.24) is 4.98 Å². The molecule has 0 spiro atoms. The van der Waals surface area contributed by atoms with Gasteiger partial charge >= 0.3 is 0 Å². The van der Waals surface area contributed by atoms with E-state index in [1.54, 1.807) is 7.11 Å². The second-order valence-corrected chi connectivity index (χ2v) is 5.51. The molecule has 0 aromatic carbocycles. The molecule has 0 bridgehead atoms. The topological polar surface area (TPSA) is 48.1 Å². The minimum Gasteiger partial charge on any atom is -0.384 e. The van der Waals surface area contributed by atoms with E-state index in [9.17, 15) is 0 Å². The fourth-order valence-electron chi connectivity index (χ4n) is 3.04. The van der Waals surface area contributed by atoms with Crippen LogP contribution in [0.15, 0.2) is 18.3 Å². The lowest BCUT2D eigenvalue weighted by Crippen LogP contribution is -2.33. The van der Waals surface area contributed by atoms with Gasteiger partial charge < -0.3 is 10.5 Å². The zero-order chi connectivity index (χ0) is 13.0. The maximum absolute atomic E-state index is 6.40. The average molecular weight is 248 g/mol. The van der Waals surface area contributed by atoms with Crippen LogP contribution in [-0.2, 0) is 11.2 Å². The Kier molecular flexibility index (Phi) is 4.72. The number of pyridine rings is 1. The lowest BCUT2D eigenvalue weighted by molar-refractivity contribution is 0.149. The maximum atomic E-state index is 6.40. The molecule has 0 fully saturated rings. The van der Waals surface area contributed by atoms with Gasteiger partial charge in [-0.1, -0.05) is 13.0 Å². The largest absolute Gasteiger partial charge is 0.384 e. The SMILES string of the molecule is COCC(C)CC(N)C1CCCc2cccnc21. The summed E-state index contributed by atoms with van der Waals surface area (Å²) >= 11 is 0. The lowest BCUT2D eigenvalue weighted by atomic mass is 9.80. The number of methoxy groups -OCH3 is 1. The van der Waals surface area contributed by atoms with Crippen molar-refractivity contribution in [1.29, 1.82) is 0 Å². The van der Waals surface area contributed by atoms with Gasteiger partial charge in [-0.25, -0.2) is 0 Å². The Labute approximate surface area is 110 Å². The summed E-state index contributed by atoms with van der Waals surface area (Å²) in [6.45, 7) is 2.99. The molecule has 0 aliphatic heterocycles. The van der Waals surface area contributed by atoms with E-state index in [-0.39, 0.29) is 6.04 Å².